The number of methoxy groups -OCH3 is 2. The van der Waals surface area contributed by atoms with Crippen LogP contribution < -0.4 is 14.4 Å². The number of nitriles is 1. The van der Waals surface area contributed by atoms with E-state index in [1.165, 1.54) is 0 Å². The highest BCUT2D eigenvalue weighted by molar-refractivity contribution is 5.94. The molecule has 1 aliphatic carbocycles. The third-order valence-electron chi connectivity index (χ3n) is 5.38. The Kier molecular flexibility index (Phi) is 3.89. The molecule has 0 N–H and O–H groups in total. The molecule has 1 aromatic heterocycles. The summed E-state index contributed by atoms with van der Waals surface area (Å²) in [5.41, 5.74) is 1.88. The molecule has 6 heteroatoms. The Balaban J connectivity index is 1.63. The van der Waals surface area contributed by atoms with Gasteiger partial charge < -0.3 is 14.4 Å². The molecule has 4 rings (SSSR count). The Labute approximate surface area is 147 Å². The van der Waals surface area contributed by atoms with Gasteiger partial charge in [0.05, 0.1) is 25.8 Å². The van der Waals surface area contributed by atoms with E-state index in [1.54, 1.807) is 14.2 Å². The molecule has 0 radical (unpaired) electrons. The normalized spacial score (nSPS) is 19.5. The Morgan fingerprint density at radius 3 is 2.36 bits per heavy atom. The number of piperazine rings is 1. The van der Waals surface area contributed by atoms with Crippen LogP contribution in [-0.2, 0) is 0 Å². The number of fused-ring (bicyclic) bond motifs is 1. The van der Waals surface area contributed by atoms with Gasteiger partial charge >= 0.3 is 0 Å². The first kappa shape index (κ1) is 16.0. The highest BCUT2D eigenvalue weighted by Gasteiger charge is 2.49. The van der Waals surface area contributed by atoms with Crippen LogP contribution in [0.1, 0.15) is 12.8 Å². The summed E-state index contributed by atoms with van der Waals surface area (Å²) in [6.07, 6.45) is 3.87. The molecule has 6 nitrogen and oxygen atoms in total. The Morgan fingerprint density at radius 1 is 1.08 bits per heavy atom. The lowest BCUT2D eigenvalue weighted by atomic mass is 10.1. The van der Waals surface area contributed by atoms with E-state index in [2.05, 4.69) is 26.9 Å². The summed E-state index contributed by atoms with van der Waals surface area (Å²) < 4.78 is 10.8. The van der Waals surface area contributed by atoms with Crippen LogP contribution in [0.2, 0.25) is 0 Å². The SMILES string of the molecule is COc1cc2nccc(N3CCN(C4(C#N)CC4)CC3)c2cc1OC. The number of rotatable bonds is 4. The second-order valence-corrected chi connectivity index (χ2v) is 6.67. The zero-order valence-electron chi connectivity index (χ0n) is 14.7. The molecular weight excluding hydrogens is 316 g/mol. The Hall–Kier alpha value is -2.52. The van der Waals surface area contributed by atoms with Gasteiger partial charge in [-0.3, -0.25) is 9.88 Å². The first-order valence-electron chi connectivity index (χ1n) is 8.63. The maximum atomic E-state index is 9.40. The molecule has 25 heavy (non-hydrogen) atoms. The predicted octanol–water partition coefficient (Wildman–Crippen LogP) is 2.43. The second-order valence-electron chi connectivity index (χ2n) is 6.67. The van der Waals surface area contributed by atoms with Crippen LogP contribution in [0.3, 0.4) is 0 Å². The standard InChI is InChI=1S/C19H22N4O2/c1-24-17-11-14-15(12-18(17)25-2)21-6-3-16(14)22-7-9-23(10-8-22)19(13-20)4-5-19/h3,6,11-12H,4-5,7-10H2,1-2H3. The maximum Gasteiger partial charge on any atom is 0.162 e. The van der Waals surface area contributed by atoms with Crippen LogP contribution >= 0.6 is 0 Å². The van der Waals surface area contributed by atoms with Crippen LogP contribution in [0.25, 0.3) is 10.9 Å². The van der Waals surface area contributed by atoms with Crippen LogP contribution in [0.5, 0.6) is 11.5 Å². The fourth-order valence-corrected chi connectivity index (χ4v) is 3.73. The highest BCUT2D eigenvalue weighted by atomic mass is 16.5. The van der Waals surface area contributed by atoms with E-state index in [1.807, 2.05) is 18.3 Å². The van der Waals surface area contributed by atoms with E-state index < -0.39 is 0 Å². The Bertz CT molecular complexity index is 833. The highest BCUT2D eigenvalue weighted by Crippen LogP contribution is 2.42. The number of ether oxygens (including phenoxy) is 2. The number of nitrogens with zero attached hydrogens (tertiary/aromatic N) is 4. The number of pyridine rings is 1. The van der Waals surface area contributed by atoms with E-state index in [4.69, 9.17) is 9.47 Å². The van der Waals surface area contributed by atoms with Crippen LogP contribution in [0, 0.1) is 11.3 Å². The van der Waals surface area contributed by atoms with E-state index in [-0.39, 0.29) is 5.54 Å². The first-order chi connectivity index (χ1) is 12.2. The van der Waals surface area contributed by atoms with Gasteiger partial charge in [0.15, 0.2) is 11.5 Å². The van der Waals surface area contributed by atoms with Crippen LogP contribution in [0.15, 0.2) is 24.4 Å². The molecule has 0 atom stereocenters. The number of hydrogen-bond donors (Lipinski definition) is 0. The van der Waals surface area contributed by atoms with Gasteiger partial charge in [0, 0.05) is 49.5 Å². The first-order valence-corrected chi connectivity index (χ1v) is 8.63. The van der Waals surface area contributed by atoms with Crippen LogP contribution in [-0.4, -0.2) is 55.8 Å². The minimum Gasteiger partial charge on any atom is -0.493 e. The lowest BCUT2D eigenvalue weighted by Gasteiger charge is -2.38. The van der Waals surface area contributed by atoms with Crippen molar-refractivity contribution in [3.8, 4) is 17.6 Å². The van der Waals surface area contributed by atoms with Crippen molar-refractivity contribution in [1.82, 2.24) is 9.88 Å². The van der Waals surface area contributed by atoms with Gasteiger partial charge in [-0.2, -0.15) is 5.26 Å². The summed E-state index contributed by atoms with van der Waals surface area (Å²) >= 11 is 0. The largest absolute Gasteiger partial charge is 0.493 e. The van der Waals surface area contributed by atoms with Gasteiger partial charge in [0.25, 0.3) is 0 Å². The molecular formula is C19H22N4O2. The third-order valence-corrected chi connectivity index (χ3v) is 5.38. The lowest BCUT2D eigenvalue weighted by Crippen LogP contribution is -2.51. The smallest absolute Gasteiger partial charge is 0.162 e. The minimum atomic E-state index is -0.178. The zero-order valence-corrected chi connectivity index (χ0v) is 14.7. The van der Waals surface area contributed by atoms with E-state index in [0.717, 1.165) is 55.6 Å². The molecule has 1 aliphatic heterocycles. The topological polar surface area (TPSA) is 61.6 Å². The summed E-state index contributed by atoms with van der Waals surface area (Å²) in [5.74, 6) is 1.40. The molecule has 2 aromatic rings. The molecule has 1 saturated heterocycles. The van der Waals surface area contributed by atoms with E-state index in [0.29, 0.717) is 11.5 Å². The molecule has 0 bridgehead atoms. The molecule has 2 fully saturated rings. The molecule has 2 heterocycles. The van der Waals surface area contributed by atoms with Gasteiger partial charge in [0.1, 0.15) is 5.54 Å². The quantitative estimate of drug-likeness (QED) is 0.853. The van der Waals surface area contributed by atoms with Gasteiger partial charge in [-0.15, -0.1) is 0 Å². The molecule has 0 spiro atoms. The van der Waals surface area contributed by atoms with E-state index >= 15 is 0 Å². The fraction of sp³-hybridized carbons (Fsp3) is 0.474. The van der Waals surface area contributed by atoms with Gasteiger partial charge in [-0.05, 0) is 25.0 Å². The monoisotopic (exact) mass is 338 g/mol. The number of benzene rings is 1. The Morgan fingerprint density at radius 2 is 1.76 bits per heavy atom. The van der Waals surface area contributed by atoms with E-state index in [9.17, 15) is 5.26 Å². The van der Waals surface area contributed by atoms with Crippen molar-refractivity contribution in [3.05, 3.63) is 24.4 Å². The van der Waals surface area contributed by atoms with Crippen LogP contribution in [0.4, 0.5) is 5.69 Å². The number of anilines is 1. The van der Waals surface area contributed by atoms with Crippen molar-refractivity contribution in [2.24, 2.45) is 0 Å². The third kappa shape index (κ3) is 2.65. The summed E-state index contributed by atoms with van der Waals surface area (Å²) in [5, 5.41) is 10.5. The molecule has 2 aliphatic rings. The zero-order chi connectivity index (χ0) is 17.4. The molecule has 0 unspecified atom stereocenters. The molecule has 130 valence electrons. The molecule has 0 amide bonds. The van der Waals surface area contributed by atoms with Crippen molar-refractivity contribution in [2.45, 2.75) is 18.4 Å². The minimum absolute atomic E-state index is 0.178. The van der Waals surface area contributed by atoms with Crippen molar-refractivity contribution >= 4 is 16.6 Å². The van der Waals surface area contributed by atoms with Gasteiger partial charge in [0.2, 0.25) is 0 Å². The van der Waals surface area contributed by atoms with Crippen molar-refractivity contribution in [1.29, 1.82) is 5.26 Å². The summed E-state index contributed by atoms with van der Waals surface area (Å²) in [4.78, 5) is 9.20. The lowest BCUT2D eigenvalue weighted by molar-refractivity contribution is 0.205. The van der Waals surface area contributed by atoms with Gasteiger partial charge in [-0.25, -0.2) is 0 Å². The average molecular weight is 338 g/mol. The fourth-order valence-electron chi connectivity index (χ4n) is 3.73. The molecule has 1 aromatic carbocycles. The summed E-state index contributed by atoms with van der Waals surface area (Å²) in [6, 6.07) is 8.48. The predicted molar refractivity (Wildman–Crippen MR) is 96.2 cm³/mol. The van der Waals surface area contributed by atoms with Crippen molar-refractivity contribution in [3.63, 3.8) is 0 Å². The molecule has 1 saturated carbocycles. The van der Waals surface area contributed by atoms with Crippen molar-refractivity contribution < 1.29 is 9.47 Å². The maximum absolute atomic E-state index is 9.40. The average Bonchev–Trinajstić information content (AvgIpc) is 3.48. The number of aromatic nitrogens is 1. The second kappa shape index (κ2) is 6.08. The summed E-state index contributed by atoms with van der Waals surface area (Å²) in [6.45, 7) is 3.67. The van der Waals surface area contributed by atoms with Gasteiger partial charge in [-0.1, -0.05) is 0 Å². The number of hydrogen-bond acceptors (Lipinski definition) is 6. The summed E-state index contributed by atoms with van der Waals surface area (Å²) in [7, 11) is 3.28. The van der Waals surface area contributed by atoms with Crippen molar-refractivity contribution in [2.75, 3.05) is 45.3 Å².